The molecule has 1 atom stereocenters. The molecule has 0 spiro atoms. The average molecular weight is 363 g/mol. The molecule has 1 unspecified atom stereocenters. The van der Waals surface area contributed by atoms with Crippen LogP contribution in [0.25, 0.3) is 0 Å². The summed E-state index contributed by atoms with van der Waals surface area (Å²) in [6, 6.07) is 15.6. The molecule has 4 rings (SSSR count). The normalized spacial score (nSPS) is 19.7. The second kappa shape index (κ2) is 6.99. The largest absolute Gasteiger partial charge is 0.386 e. The minimum Gasteiger partial charge on any atom is -0.386 e. The number of carbonyl (C=O) groups excluding carboxylic acids is 1. The summed E-state index contributed by atoms with van der Waals surface area (Å²) < 4.78 is 13.5. The molecule has 0 saturated carbocycles. The Bertz CT molecular complexity index is 916. The molecule has 2 aromatic rings. The van der Waals surface area contributed by atoms with E-state index < -0.39 is 0 Å². The molecule has 0 radical (unpaired) electrons. The highest BCUT2D eigenvalue weighted by molar-refractivity contribution is 6.53. The van der Waals surface area contributed by atoms with Crippen LogP contribution in [0.2, 0.25) is 0 Å². The van der Waals surface area contributed by atoms with Crippen molar-refractivity contribution in [1.29, 1.82) is 0 Å². The van der Waals surface area contributed by atoms with Gasteiger partial charge in [-0.1, -0.05) is 44.2 Å². The summed E-state index contributed by atoms with van der Waals surface area (Å²) in [5.74, 6) is -0.178. The van der Waals surface area contributed by atoms with Gasteiger partial charge in [0.15, 0.2) is 0 Å². The maximum Gasteiger partial charge on any atom is 0.277 e. The van der Waals surface area contributed by atoms with Gasteiger partial charge in [-0.25, -0.2) is 4.39 Å². The van der Waals surface area contributed by atoms with Gasteiger partial charge in [0.05, 0.1) is 12.6 Å². The number of allylic oxidation sites excluding steroid dienone is 1. The molecule has 138 valence electrons. The van der Waals surface area contributed by atoms with Crippen molar-refractivity contribution in [3.05, 3.63) is 77.2 Å². The third-order valence-electron chi connectivity index (χ3n) is 4.99. The number of nitrogens with zero attached hydrogens (tertiary/aromatic N) is 2. The van der Waals surface area contributed by atoms with Crippen LogP contribution in [-0.4, -0.2) is 24.7 Å². The number of para-hydroxylation sites is 1. The van der Waals surface area contributed by atoms with E-state index in [1.165, 1.54) is 12.1 Å². The number of halogens is 1. The zero-order chi connectivity index (χ0) is 19.0. The third-order valence-corrected chi connectivity index (χ3v) is 4.99. The maximum absolute atomic E-state index is 13.5. The number of carbonyl (C=O) groups is 1. The number of benzene rings is 2. The average Bonchev–Trinajstić information content (AvgIpc) is 2.82. The van der Waals surface area contributed by atoms with Crippen molar-refractivity contribution >= 4 is 17.3 Å². The first-order valence-electron chi connectivity index (χ1n) is 9.24. The van der Waals surface area contributed by atoms with Crippen LogP contribution in [0.3, 0.4) is 0 Å². The Balaban J connectivity index is 1.97. The lowest BCUT2D eigenvalue weighted by Gasteiger charge is -2.27. The van der Waals surface area contributed by atoms with E-state index in [-0.39, 0.29) is 23.7 Å². The van der Waals surface area contributed by atoms with E-state index in [0.29, 0.717) is 18.8 Å². The van der Waals surface area contributed by atoms with Crippen LogP contribution in [0.15, 0.2) is 70.9 Å². The number of nitrogens with one attached hydrogen (secondary N) is 1. The smallest absolute Gasteiger partial charge is 0.277 e. The van der Waals surface area contributed by atoms with Crippen LogP contribution in [0.5, 0.6) is 0 Å². The predicted octanol–water partition coefficient (Wildman–Crippen LogP) is 3.87. The Morgan fingerprint density at radius 1 is 1.11 bits per heavy atom. The summed E-state index contributed by atoms with van der Waals surface area (Å²) in [6.07, 6.45) is 0. The highest BCUT2D eigenvalue weighted by Crippen LogP contribution is 2.42. The molecule has 27 heavy (non-hydrogen) atoms. The minimum absolute atomic E-state index is 0.104. The van der Waals surface area contributed by atoms with Gasteiger partial charge in [-0.05, 0) is 35.7 Å². The highest BCUT2D eigenvalue weighted by Gasteiger charge is 2.45. The van der Waals surface area contributed by atoms with Gasteiger partial charge < -0.3 is 5.32 Å². The van der Waals surface area contributed by atoms with Crippen molar-refractivity contribution in [1.82, 2.24) is 5.32 Å². The molecular formula is C22H22FN3O. The topological polar surface area (TPSA) is 44.7 Å². The zero-order valence-electron chi connectivity index (χ0n) is 15.4. The number of hydrogen-bond donors (Lipinski definition) is 1. The van der Waals surface area contributed by atoms with Gasteiger partial charge >= 0.3 is 0 Å². The molecule has 0 bridgehead atoms. The van der Waals surface area contributed by atoms with Crippen molar-refractivity contribution < 1.29 is 9.18 Å². The lowest BCUT2D eigenvalue weighted by molar-refractivity contribution is -0.112. The number of amides is 1. The second-order valence-electron chi connectivity index (χ2n) is 7.10. The second-order valence-corrected chi connectivity index (χ2v) is 7.10. The molecule has 2 aliphatic heterocycles. The van der Waals surface area contributed by atoms with E-state index in [1.54, 1.807) is 17.0 Å². The monoisotopic (exact) mass is 363 g/mol. The van der Waals surface area contributed by atoms with Gasteiger partial charge in [-0.3, -0.25) is 14.7 Å². The van der Waals surface area contributed by atoms with E-state index in [2.05, 4.69) is 24.2 Å². The summed E-state index contributed by atoms with van der Waals surface area (Å²) in [6.45, 7) is 5.47. The summed E-state index contributed by atoms with van der Waals surface area (Å²) in [7, 11) is 0. The standard InChI is InChI=1S/C22H22FN3O/c1-14(2)19-18-20(25-13-12-24-19)22(27)26(17-6-4-3-5-7-17)21(18)15-8-10-16(23)11-9-15/h3-11,14,21,24H,12-13H2,1-2H3. The number of fused-ring (bicyclic) bond motifs is 1. The first-order chi connectivity index (χ1) is 13.1. The first-order valence-corrected chi connectivity index (χ1v) is 9.24. The molecule has 1 amide bonds. The van der Waals surface area contributed by atoms with Crippen LogP contribution in [0.4, 0.5) is 10.1 Å². The number of aliphatic imine (C=N–C) groups is 1. The Hall–Kier alpha value is -2.95. The van der Waals surface area contributed by atoms with Gasteiger partial charge in [-0.2, -0.15) is 0 Å². The molecule has 5 heteroatoms. The molecule has 0 aromatic heterocycles. The van der Waals surface area contributed by atoms with Crippen LogP contribution in [-0.2, 0) is 4.79 Å². The van der Waals surface area contributed by atoms with Gasteiger partial charge in [0.1, 0.15) is 11.5 Å². The van der Waals surface area contributed by atoms with Crippen molar-refractivity contribution in [3.63, 3.8) is 0 Å². The highest BCUT2D eigenvalue weighted by atomic mass is 19.1. The molecule has 0 aliphatic carbocycles. The lowest BCUT2D eigenvalue weighted by atomic mass is 9.92. The quantitative estimate of drug-likeness (QED) is 0.900. The Labute approximate surface area is 158 Å². The molecular weight excluding hydrogens is 341 g/mol. The summed E-state index contributed by atoms with van der Waals surface area (Å²) in [4.78, 5) is 19.7. The lowest BCUT2D eigenvalue weighted by Crippen LogP contribution is -2.30. The van der Waals surface area contributed by atoms with Crippen LogP contribution >= 0.6 is 0 Å². The molecule has 2 heterocycles. The molecule has 1 N–H and O–H groups in total. The van der Waals surface area contributed by atoms with Crippen molar-refractivity contribution in [3.8, 4) is 0 Å². The first kappa shape index (κ1) is 17.5. The maximum atomic E-state index is 13.5. The zero-order valence-corrected chi connectivity index (χ0v) is 15.4. The molecule has 4 nitrogen and oxygen atoms in total. The number of rotatable bonds is 3. The van der Waals surface area contributed by atoms with Crippen molar-refractivity contribution in [2.45, 2.75) is 19.9 Å². The molecule has 2 aromatic carbocycles. The van der Waals surface area contributed by atoms with Gasteiger partial charge in [-0.15, -0.1) is 0 Å². The molecule has 1 saturated heterocycles. The van der Waals surface area contributed by atoms with E-state index >= 15 is 0 Å². The molecule has 2 aliphatic rings. The Morgan fingerprint density at radius 3 is 2.48 bits per heavy atom. The van der Waals surface area contributed by atoms with E-state index in [4.69, 9.17) is 0 Å². The summed E-state index contributed by atoms with van der Waals surface area (Å²) in [5, 5.41) is 3.47. The number of anilines is 1. The van der Waals surface area contributed by atoms with Crippen LogP contribution < -0.4 is 10.2 Å². The van der Waals surface area contributed by atoms with E-state index in [0.717, 1.165) is 22.5 Å². The van der Waals surface area contributed by atoms with E-state index in [1.807, 2.05) is 30.3 Å². The Morgan fingerprint density at radius 2 is 1.81 bits per heavy atom. The van der Waals surface area contributed by atoms with E-state index in [9.17, 15) is 9.18 Å². The molecule has 1 fully saturated rings. The van der Waals surface area contributed by atoms with Crippen LogP contribution in [0.1, 0.15) is 25.5 Å². The summed E-state index contributed by atoms with van der Waals surface area (Å²) >= 11 is 0. The van der Waals surface area contributed by atoms with Gasteiger partial charge in [0, 0.05) is 23.5 Å². The Kier molecular flexibility index (Phi) is 4.52. The fourth-order valence-corrected chi connectivity index (χ4v) is 3.82. The minimum atomic E-state index is -0.331. The van der Waals surface area contributed by atoms with Gasteiger partial charge in [0.25, 0.3) is 5.91 Å². The van der Waals surface area contributed by atoms with Crippen LogP contribution in [0, 0.1) is 11.7 Å². The fraction of sp³-hybridized carbons (Fsp3) is 0.273. The number of hydrogen-bond acceptors (Lipinski definition) is 3. The van der Waals surface area contributed by atoms with Crippen molar-refractivity contribution in [2.75, 3.05) is 18.0 Å². The van der Waals surface area contributed by atoms with Crippen molar-refractivity contribution in [2.24, 2.45) is 10.9 Å². The third kappa shape index (κ3) is 3.03. The SMILES string of the molecule is CC(C)C1=C2C(=NCCN1)C(=O)N(c1ccccc1)C2c1ccc(F)cc1. The predicted molar refractivity (Wildman–Crippen MR) is 105 cm³/mol. The fourth-order valence-electron chi connectivity index (χ4n) is 3.82. The van der Waals surface area contributed by atoms with Gasteiger partial charge in [0.2, 0.25) is 0 Å². The summed E-state index contributed by atoms with van der Waals surface area (Å²) in [5.41, 5.74) is 4.14.